The molecular formula is C18H33N2O2S+. The molecule has 1 aromatic rings. The Morgan fingerprint density at radius 1 is 0.826 bits per heavy atom. The third-order valence-electron chi connectivity index (χ3n) is 5.20. The van der Waals surface area contributed by atoms with Crippen molar-refractivity contribution in [3.8, 4) is 0 Å². The minimum atomic E-state index is -3.45. The van der Waals surface area contributed by atoms with Crippen LogP contribution in [-0.2, 0) is 10.0 Å². The first kappa shape index (κ1) is 20.1. The number of hydrogen-bond donors (Lipinski definition) is 2. The Bertz CT molecular complexity index is 618. The van der Waals surface area contributed by atoms with Gasteiger partial charge in [-0.3, -0.25) is 0 Å². The maximum atomic E-state index is 12.8. The smallest absolute Gasteiger partial charge is 0.241 e. The van der Waals surface area contributed by atoms with Crippen LogP contribution in [0.25, 0.3) is 0 Å². The first-order chi connectivity index (χ1) is 10.7. The molecule has 0 amide bonds. The van der Waals surface area contributed by atoms with E-state index in [9.17, 15) is 8.42 Å². The fourth-order valence-corrected chi connectivity index (χ4v) is 4.76. The summed E-state index contributed by atoms with van der Waals surface area (Å²) in [5.74, 6) is 0. The number of benzene rings is 1. The minimum Gasteiger partial charge on any atom is -0.335 e. The third kappa shape index (κ3) is 4.55. The molecule has 0 radical (unpaired) electrons. The van der Waals surface area contributed by atoms with Gasteiger partial charge in [0.2, 0.25) is 10.0 Å². The fourth-order valence-electron chi connectivity index (χ4n) is 3.09. The monoisotopic (exact) mass is 341 g/mol. The Balaban J connectivity index is 2.94. The largest absolute Gasteiger partial charge is 0.335 e. The predicted octanol–water partition coefficient (Wildman–Crippen LogP) is 1.82. The summed E-state index contributed by atoms with van der Waals surface area (Å²) >= 11 is 0. The molecule has 0 aromatic heterocycles. The average molecular weight is 342 g/mol. The van der Waals surface area contributed by atoms with E-state index in [-0.39, 0.29) is 0 Å². The molecule has 2 N–H and O–H groups in total. The van der Waals surface area contributed by atoms with Gasteiger partial charge in [-0.2, -0.15) is 0 Å². The molecule has 0 atom stereocenters. The van der Waals surface area contributed by atoms with E-state index >= 15 is 0 Å². The number of nitrogens with one attached hydrogen (secondary N) is 2. The van der Waals surface area contributed by atoms with Crippen molar-refractivity contribution >= 4 is 10.0 Å². The molecule has 4 nitrogen and oxygen atoms in total. The van der Waals surface area contributed by atoms with Gasteiger partial charge in [0.05, 0.1) is 24.5 Å². The highest BCUT2D eigenvalue weighted by Gasteiger charge is 2.23. The van der Waals surface area contributed by atoms with Gasteiger partial charge in [-0.05, 0) is 76.3 Å². The fraction of sp³-hybridized carbons (Fsp3) is 0.667. The van der Waals surface area contributed by atoms with Gasteiger partial charge in [0, 0.05) is 13.0 Å². The summed E-state index contributed by atoms with van der Waals surface area (Å²) in [5, 5.41) is 0. The Morgan fingerprint density at radius 2 is 1.26 bits per heavy atom. The van der Waals surface area contributed by atoms with Gasteiger partial charge >= 0.3 is 0 Å². The lowest BCUT2D eigenvalue weighted by molar-refractivity contribution is -0.896. The standard InChI is InChI=1S/C18H32N2O2S/c1-8-20(9-2)12-10-11-19-23(21,22)18-16(6)14(4)13(3)15(5)17(18)7/h19H,8-12H2,1-7H3/p+1. The molecule has 0 aliphatic heterocycles. The molecule has 0 saturated heterocycles. The first-order valence-electron chi connectivity index (χ1n) is 8.57. The second kappa shape index (κ2) is 8.27. The van der Waals surface area contributed by atoms with Crippen LogP contribution in [0, 0.1) is 34.6 Å². The SMILES string of the molecule is CC[NH+](CC)CCCNS(=O)(=O)c1c(C)c(C)c(C)c(C)c1C. The van der Waals surface area contributed by atoms with Gasteiger partial charge in [0.15, 0.2) is 0 Å². The van der Waals surface area contributed by atoms with Crippen molar-refractivity contribution in [2.24, 2.45) is 0 Å². The van der Waals surface area contributed by atoms with Crippen LogP contribution in [-0.4, -0.2) is 34.6 Å². The van der Waals surface area contributed by atoms with Crippen LogP contribution in [0.1, 0.15) is 48.1 Å². The molecule has 0 aliphatic carbocycles. The molecule has 0 heterocycles. The number of quaternary nitrogens is 1. The van der Waals surface area contributed by atoms with Crippen molar-refractivity contribution in [2.45, 2.75) is 59.8 Å². The summed E-state index contributed by atoms with van der Waals surface area (Å²) < 4.78 is 28.3. The van der Waals surface area contributed by atoms with Gasteiger partial charge in [0.25, 0.3) is 0 Å². The normalized spacial score (nSPS) is 12.2. The lowest BCUT2D eigenvalue weighted by Gasteiger charge is -2.19. The molecule has 132 valence electrons. The van der Waals surface area contributed by atoms with E-state index in [0.717, 1.165) is 48.3 Å². The van der Waals surface area contributed by atoms with Gasteiger partial charge in [-0.15, -0.1) is 0 Å². The first-order valence-corrected chi connectivity index (χ1v) is 10.1. The van der Waals surface area contributed by atoms with Crippen molar-refractivity contribution < 1.29 is 13.3 Å². The van der Waals surface area contributed by atoms with Crippen LogP contribution in [0.15, 0.2) is 4.90 Å². The van der Waals surface area contributed by atoms with Crippen LogP contribution in [0.2, 0.25) is 0 Å². The lowest BCUT2D eigenvalue weighted by Crippen LogP contribution is -3.11. The lowest BCUT2D eigenvalue weighted by atomic mass is 9.95. The van der Waals surface area contributed by atoms with E-state index in [0.29, 0.717) is 11.4 Å². The van der Waals surface area contributed by atoms with Crippen LogP contribution >= 0.6 is 0 Å². The van der Waals surface area contributed by atoms with Crippen molar-refractivity contribution in [1.29, 1.82) is 0 Å². The van der Waals surface area contributed by atoms with E-state index in [1.807, 2.05) is 27.7 Å². The summed E-state index contributed by atoms with van der Waals surface area (Å²) in [6, 6.07) is 0. The highest BCUT2D eigenvalue weighted by molar-refractivity contribution is 7.89. The zero-order chi connectivity index (χ0) is 17.8. The highest BCUT2D eigenvalue weighted by Crippen LogP contribution is 2.29. The average Bonchev–Trinajstić information content (AvgIpc) is 2.51. The Morgan fingerprint density at radius 3 is 1.70 bits per heavy atom. The zero-order valence-electron chi connectivity index (χ0n) is 15.8. The quantitative estimate of drug-likeness (QED) is 0.709. The minimum absolute atomic E-state index is 0.466. The summed E-state index contributed by atoms with van der Waals surface area (Å²) in [6.07, 6.45) is 0.859. The van der Waals surface area contributed by atoms with E-state index in [4.69, 9.17) is 0 Å². The van der Waals surface area contributed by atoms with E-state index < -0.39 is 10.0 Å². The van der Waals surface area contributed by atoms with E-state index in [1.165, 1.54) is 10.5 Å². The molecule has 23 heavy (non-hydrogen) atoms. The molecule has 5 heteroatoms. The molecular weight excluding hydrogens is 308 g/mol. The summed E-state index contributed by atoms with van der Waals surface area (Å²) in [5.41, 5.74) is 5.06. The molecule has 0 saturated carbocycles. The van der Waals surface area contributed by atoms with Crippen LogP contribution in [0.4, 0.5) is 0 Å². The molecule has 0 unspecified atom stereocenters. The van der Waals surface area contributed by atoms with Crippen molar-refractivity contribution in [3.05, 3.63) is 27.8 Å². The summed E-state index contributed by atoms with van der Waals surface area (Å²) in [7, 11) is -3.45. The summed E-state index contributed by atoms with van der Waals surface area (Å²) in [4.78, 5) is 1.96. The van der Waals surface area contributed by atoms with Crippen LogP contribution in [0.5, 0.6) is 0 Å². The van der Waals surface area contributed by atoms with Gasteiger partial charge in [0.1, 0.15) is 0 Å². The molecule has 0 fully saturated rings. The van der Waals surface area contributed by atoms with Gasteiger partial charge in [-0.25, -0.2) is 13.1 Å². The van der Waals surface area contributed by atoms with Crippen molar-refractivity contribution in [1.82, 2.24) is 4.72 Å². The number of sulfonamides is 1. The Kier molecular flexibility index (Phi) is 7.24. The number of rotatable bonds is 8. The predicted molar refractivity (Wildman–Crippen MR) is 96.8 cm³/mol. The van der Waals surface area contributed by atoms with Gasteiger partial charge in [-0.1, -0.05) is 0 Å². The molecule has 1 aromatic carbocycles. The number of hydrogen-bond acceptors (Lipinski definition) is 2. The summed E-state index contributed by atoms with van der Waals surface area (Å²) in [6.45, 7) is 17.8. The van der Waals surface area contributed by atoms with E-state index in [2.05, 4.69) is 25.5 Å². The van der Waals surface area contributed by atoms with Crippen LogP contribution in [0.3, 0.4) is 0 Å². The zero-order valence-corrected chi connectivity index (χ0v) is 16.6. The maximum absolute atomic E-state index is 12.8. The van der Waals surface area contributed by atoms with Crippen molar-refractivity contribution in [2.75, 3.05) is 26.2 Å². The second-order valence-corrected chi connectivity index (χ2v) is 8.12. The van der Waals surface area contributed by atoms with Gasteiger partial charge < -0.3 is 4.90 Å². The highest BCUT2D eigenvalue weighted by atomic mass is 32.2. The van der Waals surface area contributed by atoms with E-state index in [1.54, 1.807) is 0 Å². The third-order valence-corrected chi connectivity index (χ3v) is 6.93. The molecule has 0 spiro atoms. The maximum Gasteiger partial charge on any atom is 0.241 e. The second-order valence-electron chi connectivity index (χ2n) is 6.41. The topological polar surface area (TPSA) is 50.6 Å². The Hall–Kier alpha value is -0.910. The molecule has 1 rings (SSSR count). The van der Waals surface area contributed by atoms with Crippen LogP contribution < -0.4 is 9.62 Å². The molecule has 0 bridgehead atoms. The molecule has 0 aliphatic rings. The van der Waals surface area contributed by atoms with Crippen molar-refractivity contribution in [3.63, 3.8) is 0 Å². The Labute approximate surface area is 142 Å².